The van der Waals surface area contributed by atoms with Gasteiger partial charge in [-0.15, -0.1) is 12.4 Å². The number of carbonyl (C=O) groups is 1. The number of rotatable bonds is 9. The van der Waals surface area contributed by atoms with E-state index >= 15 is 0 Å². The third kappa shape index (κ3) is 7.85. The van der Waals surface area contributed by atoms with Crippen LogP contribution in [0.5, 0.6) is 5.75 Å². The number of benzene rings is 1. The Hall–Kier alpha value is -1.51. The van der Waals surface area contributed by atoms with Crippen molar-refractivity contribution < 1.29 is 27.8 Å². The van der Waals surface area contributed by atoms with Crippen LogP contribution in [-0.2, 0) is 11.0 Å². The van der Waals surface area contributed by atoms with E-state index in [0.29, 0.717) is 12.6 Å². The molecule has 1 aliphatic rings. The summed E-state index contributed by atoms with van der Waals surface area (Å²) in [6.07, 6.45) is -1.78. The van der Waals surface area contributed by atoms with E-state index in [0.717, 1.165) is 57.6 Å². The maximum absolute atomic E-state index is 12.7. The van der Waals surface area contributed by atoms with Crippen LogP contribution in [0.15, 0.2) is 24.3 Å². The lowest BCUT2D eigenvalue weighted by molar-refractivity contribution is -0.139. The van der Waals surface area contributed by atoms with Crippen molar-refractivity contribution in [1.29, 1.82) is 0 Å². The number of hydrogen-bond acceptors (Lipinski definition) is 4. The third-order valence-electron chi connectivity index (χ3n) is 4.87. The first-order chi connectivity index (χ1) is 12.8. The van der Waals surface area contributed by atoms with Gasteiger partial charge in [0, 0.05) is 12.6 Å². The molecule has 5 nitrogen and oxygen atoms in total. The van der Waals surface area contributed by atoms with E-state index in [4.69, 9.17) is 9.84 Å². The number of aliphatic carboxylic acids is 1. The molecule has 9 heteroatoms. The van der Waals surface area contributed by atoms with Crippen LogP contribution in [0.4, 0.5) is 13.2 Å². The largest absolute Gasteiger partial charge is 0.494 e. The van der Waals surface area contributed by atoms with E-state index in [1.54, 1.807) is 0 Å². The summed E-state index contributed by atoms with van der Waals surface area (Å²) in [5.41, 5.74) is -0.705. The molecular formula is C19H28ClF3N2O3. The molecule has 1 heterocycles. The van der Waals surface area contributed by atoms with Gasteiger partial charge in [0.2, 0.25) is 0 Å². The standard InChI is InChI=1S/C19H27F3N2O3.ClH/c1-2-24(14-18(25)26)16-7-10-23(11-8-16)9-4-12-27-17-6-3-5-15(13-17)19(20,21)22;/h3,5-6,13,16H,2,4,7-12,14H2,1H3,(H,25,26);1H. The van der Waals surface area contributed by atoms with Gasteiger partial charge in [0.05, 0.1) is 18.7 Å². The molecule has 0 amide bonds. The first kappa shape index (κ1) is 24.5. The Morgan fingerprint density at radius 3 is 2.57 bits per heavy atom. The lowest BCUT2D eigenvalue weighted by Gasteiger charge is -2.37. The first-order valence-electron chi connectivity index (χ1n) is 9.28. The Labute approximate surface area is 169 Å². The van der Waals surface area contributed by atoms with Crippen molar-refractivity contribution in [3.63, 3.8) is 0 Å². The van der Waals surface area contributed by atoms with Gasteiger partial charge in [0.25, 0.3) is 0 Å². The molecule has 0 unspecified atom stereocenters. The monoisotopic (exact) mass is 424 g/mol. The molecule has 2 rings (SSSR count). The van der Waals surface area contributed by atoms with Gasteiger partial charge in [-0.25, -0.2) is 0 Å². The highest BCUT2D eigenvalue weighted by Gasteiger charge is 2.30. The third-order valence-corrected chi connectivity index (χ3v) is 4.87. The zero-order valence-corrected chi connectivity index (χ0v) is 16.8. The summed E-state index contributed by atoms with van der Waals surface area (Å²) < 4.78 is 43.5. The Kier molecular flexibility index (Phi) is 10.1. The average Bonchev–Trinajstić information content (AvgIpc) is 2.63. The van der Waals surface area contributed by atoms with Crippen molar-refractivity contribution in [3.8, 4) is 5.75 Å². The Bertz CT molecular complexity index is 608. The Balaban J connectivity index is 0.00000392. The van der Waals surface area contributed by atoms with Gasteiger partial charge >= 0.3 is 12.1 Å². The van der Waals surface area contributed by atoms with E-state index in [2.05, 4.69) is 4.90 Å². The quantitative estimate of drug-likeness (QED) is 0.611. The average molecular weight is 425 g/mol. The molecule has 0 bridgehead atoms. The zero-order chi connectivity index (χ0) is 19.9. The lowest BCUT2D eigenvalue weighted by atomic mass is 10.0. The van der Waals surface area contributed by atoms with Crippen molar-refractivity contribution in [3.05, 3.63) is 29.8 Å². The van der Waals surface area contributed by atoms with Crippen LogP contribution in [0.3, 0.4) is 0 Å². The molecule has 0 aliphatic carbocycles. The molecule has 1 N–H and O–H groups in total. The van der Waals surface area contributed by atoms with Crippen LogP contribution >= 0.6 is 12.4 Å². The van der Waals surface area contributed by atoms with Crippen molar-refractivity contribution >= 4 is 18.4 Å². The summed E-state index contributed by atoms with van der Waals surface area (Å²) in [5.74, 6) is -0.568. The number of likely N-dealkylation sites (tertiary alicyclic amines) is 1. The maximum Gasteiger partial charge on any atom is 0.416 e. The second kappa shape index (κ2) is 11.5. The fourth-order valence-electron chi connectivity index (χ4n) is 3.42. The number of hydrogen-bond donors (Lipinski definition) is 1. The van der Waals surface area contributed by atoms with Crippen molar-refractivity contribution in [2.45, 2.75) is 38.4 Å². The maximum atomic E-state index is 12.7. The summed E-state index contributed by atoms with van der Waals surface area (Å²) in [5, 5.41) is 8.97. The summed E-state index contributed by atoms with van der Waals surface area (Å²) in [6.45, 7) is 5.74. The summed E-state index contributed by atoms with van der Waals surface area (Å²) in [6, 6.07) is 5.22. The molecule has 1 aliphatic heterocycles. The molecule has 1 saturated heterocycles. The zero-order valence-electron chi connectivity index (χ0n) is 16.0. The number of halogens is 4. The normalized spacial score (nSPS) is 16.0. The van der Waals surface area contributed by atoms with Crippen LogP contribution in [0, 0.1) is 0 Å². The second-order valence-corrected chi connectivity index (χ2v) is 6.76. The van der Waals surface area contributed by atoms with E-state index < -0.39 is 17.7 Å². The van der Waals surface area contributed by atoms with Crippen molar-refractivity contribution in [2.24, 2.45) is 0 Å². The molecule has 0 saturated carbocycles. The van der Waals surface area contributed by atoms with Crippen LogP contribution in [-0.4, -0.2) is 66.2 Å². The van der Waals surface area contributed by atoms with E-state index in [9.17, 15) is 18.0 Å². The molecule has 0 radical (unpaired) electrons. The predicted molar refractivity (Wildman–Crippen MR) is 103 cm³/mol. The molecule has 160 valence electrons. The van der Waals surface area contributed by atoms with E-state index in [1.165, 1.54) is 12.1 Å². The van der Waals surface area contributed by atoms with Crippen LogP contribution in [0.1, 0.15) is 31.7 Å². The van der Waals surface area contributed by atoms with Gasteiger partial charge in [0.1, 0.15) is 5.75 Å². The highest BCUT2D eigenvalue weighted by molar-refractivity contribution is 5.85. The number of piperidine rings is 1. The minimum absolute atomic E-state index is 0. The van der Waals surface area contributed by atoms with E-state index in [1.807, 2.05) is 11.8 Å². The fraction of sp³-hybridized carbons (Fsp3) is 0.632. The lowest BCUT2D eigenvalue weighted by Crippen LogP contribution is -2.46. The van der Waals surface area contributed by atoms with Gasteiger partial charge in [-0.2, -0.15) is 13.2 Å². The second-order valence-electron chi connectivity index (χ2n) is 6.76. The predicted octanol–water partition coefficient (Wildman–Crippen LogP) is 3.77. The molecule has 0 atom stereocenters. The molecular weight excluding hydrogens is 397 g/mol. The minimum atomic E-state index is -4.36. The number of carboxylic acids is 1. The molecule has 1 aromatic rings. The Morgan fingerprint density at radius 1 is 1.32 bits per heavy atom. The van der Waals surface area contributed by atoms with Crippen LogP contribution < -0.4 is 4.74 Å². The fourth-order valence-corrected chi connectivity index (χ4v) is 3.42. The van der Waals surface area contributed by atoms with Gasteiger partial charge in [-0.05, 0) is 57.1 Å². The van der Waals surface area contributed by atoms with Crippen molar-refractivity contribution in [1.82, 2.24) is 9.80 Å². The number of ether oxygens (including phenoxy) is 1. The highest BCUT2D eigenvalue weighted by Crippen LogP contribution is 2.31. The smallest absolute Gasteiger partial charge is 0.416 e. The highest BCUT2D eigenvalue weighted by atomic mass is 35.5. The molecule has 1 fully saturated rings. The van der Waals surface area contributed by atoms with E-state index in [-0.39, 0.29) is 24.7 Å². The molecule has 0 aromatic heterocycles. The van der Waals surface area contributed by atoms with Gasteiger partial charge < -0.3 is 14.7 Å². The molecule has 1 aromatic carbocycles. The number of carboxylic acid groups (broad SMARTS) is 1. The molecule has 0 spiro atoms. The topological polar surface area (TPSA) is 53.0 Å². The first-order valence-corrected chi connectivity index (χ1v) is 9.28. The molecule has 28 heavy (non-hydrogen) atoms. The van der Waals surface area contributed by atoms with Crippen LogP contribution in [0.25, 0.3) is 0 Å². The minimum Gasteiger partial charge on any atom is -0.494 e. The number of nitrogens with zero attached hydrogens (tertiary/aromatic N) is 2. The SMILES string of the molecule is CCN(CC(=O)O)C1CCN(CCCOc2cccc(C(F)(F)F)c2)CC1.Cl. The number of alkyl halides is 3. The summed E-state index contributed by atoms with van der Waals surface area (Å²) in [7, 11) is 0. The van der Waals surface area contributed by atoms with Crippen LogP contribution in [0.2, 0.25) is 0 Å². The van der Waals surface area contributed by atoms with Gasteiger partial charge in [-0.3, -0.25) is 9.69 Å². The van der Waals surface area contributed by atoms with Gasteiger partial charge in [0.15, 0.2) is 0 Å². The van der Waals surface area contributed by atoms with Gasteiger partial charge in [-0.1, -0.05) is 13.0 Å². The summed E-state index contributed by atoms with van der Waals surface area (Å²) in [4.78, 5) is 15.2. The number of likely N-dealkylation sites (N-methyl/N-ethyl adjacent to an activating group) is 1. The Morgan fingerprint density at radius 2 is 2.00 bits per heavy atom. The van der Waals surface area contributed by atoms with Crippen molar-refractivity contribution in [2.75, 3.05) is 39.3 Å². The summed E-state index contributed by atoms with van der Waals surface area (Å²) >= 11 is 0.